The van der Waals surface area contributed by atoms with E-state index in [0.717, 1.165) is 21.6 Å². The van der Waals surface area contributed by atoms with E-state index in [4.69, 9.17) is 0 Å². The minimum Gasteiger partial charge on any atom is -0.297 e. The molecular weight excluding hydrogens is 368 g/mol. The number of para-hydroxylation sites is 1. The van der Waals surface area contributed by atoms with E-state index in [-0.39, 0.29) is 11.7 Å². The Kier molecular flexibility index (Phi) is 4.14. The largest absolute Gasteiger partial charge is 0.297 e. The van der Waals surface area contributed by atoms with E-state index in [1.54, 1.807) is 5.38 Å². The van der Waals surface area contributed by atoms with Crippen LogP contribution in [0, 0.1) is 6.92 Å². The predicted molar refractivity (Wildman–Crippen MR) is 104 cm³/mol. The standard InChI is InChI=1S/C18H14N4O2S2/c1-10-13-8-15(16(24)20-18-19-14(9-25-18)11(2)23)26-17(13)22(21-10)12-6-4-3-5-7-12/h3-9H,1-2H3,(H,19,20,24). The average Bonchev–Trinajstić information content (AvgIpc) is 3.32. The van der Waals surface area contributed by atoms with Crippen molar-refractivity contribution in [3.8, 4) is 5.69 Å². The monoisotopic (exact) mass is 382 g/mol. The Morgan fingerprint density at radius 2 is 1.96 bits per heavy atom. The normalized spacial score (nSPS) is 11.0. The molecule has 3 heterocycles. The first-order valence-corrected chi connectivity index (χ1v) is 9.55. The number of hydrogen-bond donors (Lipinski definition) is 1. The summed E-state index contributed by atoms with van der Waals surface area (Å²) in [6.45, 7) is 3.38. The van der Waals surface area contributed by atoms with E-state index in [1.807, 2.05) is 48.0 Å². The van der Waals surface area contributed by atoms with Gasteiger partial charge in [0.25, 0.3) is 5.91 Å². The first-order valence-electron chi connectivity index (χ1n) is 7.85. The fourth-order valence-electron chi connectivity index (χ4n) is 2.55. The quantitative estimate of drug-likeness (QED) is 0.534. The summed E-state index contributed by atoms with van der Waals surface area (Å²) in [5.41, 5.74) is 2.18. The van der Waals surface area contributed by atoms with Crippen LogP contribution in [-0.4, -0.2) is 26.5 Å². The van der Waals surface area contributed by atoms with E-state index in [1.165, 1.54) is 29.6 Å². The third-order valence-corrected chi connectivity index (χ3v) is 5.72. The molecule has 0 bridgehead atoms. The number of nitrogens with zero attached hydrogens (tertiary/aromatic N) is 3. The summed E-state index contributed by atoms with van der Waals surface area (Å²) in [6, 6.07) is 11.7. The van der Waals surface area contributed by atoms with Crippen LogP contribution in [0.3, 0.4) is 0 Å². The molecule has 0 aliphatic carbocycles. The molecule has 0 saturated heterocycles. The number of Topliss-reactive ketones (excluding diaryl/α,β-unsaturated/α-hetero) is 1. The summed E-state index contributed by atoms with van der Waals surface area (Å²) in [4.78, 5) is 29.5. The Labute approximate surface area is 157 Å². The number of thiophene rings is 1. The van der Waals surface area contributed by atoms with Gasteiger partial charge in [0.2, 0.25) is 0 Å². The van der Waals surface area contributed by atoms with Gasteiger partial charge in [0.1, 0.15) is 10.5 Å². The van der Waals surface area contributed by atoms with Gasteiger partial charge in [0.15, 0.2) is 10.9 Å². The summed E-state index contributed by atoms with van der Waals surface area (Å²) in [6.07, 6.45) is 0. The number of aryl methyl sites for hydroxylation is 1. The number of anilines is 1. The molecule has 0 saturated carbocycles. The molecule has 0 atom stereocenters. The summed E-state index contributed by atoms with van der Waals surface area (Å²) < 4.78 is 1.85. The molecule has 130 valence electrons. The van der Waals surface area contributed by atoms with Crippen molar-refractivity contribution in [1.29, 1.82) is 0 Å². The lowest BCUT2D eigenvalue weighted by Gasteiger charge is -2.01. The van der Waals surface area contributed by atoms with E-state index in [9.17, 15) is 9.59 Å². The van der Waals surface area contributed by atoms with E-state index < -0.39 is 0 Å². The van der Waals surface area contributed by atoms with Crippen molar-refractivity contribution in [2.45, 2.75) is 13.8 Å². The number of amides is 1. The van der Waals surface area contributed by atoms with Crippen molar-refractivity contribution < 1.29 is 9.59 Å². The highest BCUT2D eigenvalue weighted by atomic mass is 32.1. The number of carbonyl (C=O) groups excluding carboxylic acids is 2. The molecule has 0 unspecified atom stereocenters. The van der Waals surface area contributed by atoms with Crippen molar-refractivity contribution in [3.63, 3.8) is 0 Å². The second-order valence-electron chi connectivity index (χ2n) is 5.71. The summed E-state index contributed by atoms with van der Waals surface area (Å²) in [5.74, 6) is -0.364. The zero-order valence-electron chi connectivity index (χ0n) is 14.0. The van der Waals surface area contributed by atoms with Gasteiger partial charge in [-0.3, -0.25) is 14.9 Å². The molecule has 4 rings (SSSR count). The van der Waals surface area contributed by atoms with Crippen LogP contribution in [0.25, 0.3) is 15.9 Å². The van der Waals surface area contributed by atoms with Crippen molar-refractivity contribution in [2.75, 3.05) is 5.32 Å². The molecule has 0 fully saturated rings. The third-order valence-electron chi connectivity index (χ3n) is 3.85. The van der Waals surface area contributed by atoms with Crippen molar-refractivity contribution in [3.05, 3.63) is 58.0 Å². The first kappa shape index (κ1) is 16.6. The highest BCUT2D eigenvalue weighted by Gasteiger charge is 2.18. The van der Waals surface area contributed by atoms with Crippen molar-refractivity contribution >= 4 is 49.7 Å². The molecule has 0 radical (unpaired) electrons. The second kappa shape index (κ2) is 6.47. The lowest BCUT2D eigenvalue weighted by atomic mass is 10.3. The summed E-state index contributed by atoms with van der Waals surface area (Å²) in [7, 11) is 0. The van der Waals surface area contributed by atoms with Gasteiger partial charge in [-0.2, -0.15) is 5.10 Å². The van der Waals surface area contributed by atoms with E-state index >= 15 is 0 Å². The molecule has 8 heteroatoms. The van der Waals surface area contributed by atoms with Gasteiger partial charge in [-0.15, -0.1) is 22.7 Å². The average molecular weight is 382 g/mol. The minimum absolute atomic E-state index is 0.123. The van der Waals surface area contributed by atoms with Crippen LogP contribution >= 0.6 is 22.7 Å². The maximum atomic E-state index is 12.6. The van der Waals surface area contributed by atoms with Crippen LogP contribution in [0.15, 0.2) is 41.8 Å². The number of aromatic nitrogens is 3. The maximum Gasteiger partial charge on any atom is 0.267 e. The molecule has 1 aromatic carbocycles. The predicted octanol–water partition coefficient (Wildman–Crippen LogP) is 4.31. The number of benzene rings is 1. The summed E-state index contributed by atoms with van der Waals surface area (Å²) >= 11 is 2.61. The molecule has 6 nitrogen and oxygen atoms in total. The summed E-state index contributed by atoms with van der Waals surface area (Å²) in [5, 5.41) is 10.3. The van der Waals surface area contributed by atoms with Gasteiger partial charge in [-0.05, 0) is 25.1 Å². The lowest BCUT2D eigenvalue weighted by Crippen LogP contribution is -2.10. The fraction of sp³-hybridized carbons (Fsp3) is 0.111. The maximum absolute atomic E-state index is 12.6. The topological polar surface area (TPSA) is 76.9 Å². The van der Waals surface area contributed by atoms with Crippen molar-refractivity contribution in [1.82, 2.24) is 14.8 Å². The van der Waals surface area contributed by atoms with Crippen LogP contribution in [0.2, 0.25) is 0 Å². The smallest absolute Gasteiger partial charge is 0.267 e. The Morgan fingerprint density at radius 1 is 1.19 bits per heavy atom. The van der Waals surface area contributed by atoms with Gasteiger partial charge >= 0.3 is 0 Å². The van der Waals surface area contributed by atoms with Crippen LogP contribution in [0.4, 0.5) is 5.13 Å². The SMILES string of the molecule is CC(=O)c1csc(NC(=O)c2cc3c(C)nn(-c4ccccc4)c3s2)n1. The molecule has 1 amide bonds. The highest BCUT2D eigenvalue weighted by molar-refractivity contribution is 7.20. The first-order chi connectivity index (χ1) is 12.5. The Bertz CT molecular complexity index is 1120. The fourth-order valence-corrected chi connectivity index (χ4v) is 4.38. The lowest BCUT2D eigenvalue weighted by molar-refractivity contribution is 0.100. The Hall–Kier alpha value is -2.84. The zero-order valence-corrected chi connectivity index (χ0v) is 15.6. The number of fused-ring (bicyclic) bond motifs is 1. The zero-order chi connectivity index (χ0) is 18.3. The molecule has 0 aliphatic rings. The van der Waals surface area contributed by atoms with Gasteiger partial charge in [-0.1, -0.05) is 18.2 Å². The van der Waals surface area contributed by atoms with Crippen LogP contribution in [0.5, 0.6) is 0 Å². The van der Waals surface area contributed by atoms with Crippen LogP contribution in [0.1, 0.15) is 32.8 Å². The molecule has 1 N–H and O–H groups in total. The molecular formula is C18H14N4O2S2. The second-order valence-corrected chi connectivity index (χ2v) is 7.60. The molecule has 3 aromatic heterocycles. The molecule has 0 spiro atoms. The van der Waals surface area contributed by atoms with Crippen LogP contribution in [-0.2, 0) is 0 Å². The van der Waals surface area contributed by atoms with E-state index in [0.29, 0.717) is 15.7 Å². The number of rotatable bonds is 4. The van der Waals surface area contributed by atoms with Gasteiger partial charge in [-0.25, -0.2) is 9.67 Å². The Morgan fingerprint density at radius 3 is 2.65 bits per heavy atom. The van der Waals surface area contributed by atoms with Gasteiger partial charge in [0, 0.05) is 17.7 Å². The third kappa shape index (κ3) is 2.93. The molecule has 0 aliphatic heterocycles. The van der Waals surface area contributed by atoms with Gasteiger partial charge in [0.05, 0.1) is 16.3 Å². The highest BCUT2D eigenvalue weighted by Crippen LogP contribution is 2.31. The Balaban J connectivity index is 1.66. The molecule has 26 heavy (non-hydrogen) atoms. The number of nitrogens with one attached hydrogen (secondary N) is 1. The number of ketones is 1. The van der Waals surface area contributed by atoms with Crippen molar-refractivity contribution in [2.24, 2.45) is 0 Å². The van der Waals surface area contributed by atoms with E-state index in [2.05, 4.69) is 15.4 Å². The number of thiazole rings is 1. The molecule has 4 aromatic rings. The minimum atomic E-state index is -0.241. The number of carbonyl (C=O) groups is 2. The number of hydrogen-bond acceptors (Lipinski definition) is 6. The van der Waals surface area contributed by atoms with Gasteiger partial charge < -0.3 is 0 Å². The van der Waals surface area contributed by atoms with Crippen LogP contribution < -0.4 is 5.32 Å².